The van der Waals surface area contributed by atoms with E-state index in [1.807, 2.05) is 0 Å². The number of hydrogen-bond acceptors (Lipinski definition) is 6. The summed E-state index contributed by atoms with van der Waals surface area (Å²) in [5.41, 5.74) is 8.15. The van der Waals surface area contributed by atoms with Crippen molar-refractivity contribution in [2.24, 2.45) is 0 Å². The van der Waals surface area contributed by atoms with Crippen molar-refractivity contribution >= 4 is 22.6 Å². The SMILES string of the molecule is CN(C(=O)c1cc2c3c(c(N)nc2cn1)COC3)C1COc2cc(C(F)(F)F)ccc21. The molecule has 1 unspecified atom stereocenters. The molecule has 0 bridgehead atoms. The van der Waals surface area contributed by atoms with Gasteiger partial charge in [0.15, 0.2) is 0 Å². The van der Waals surface area contributed by atoms with E-state index in [9.17, 15) is 18.0 Å². The molecule has 0 aliphatic carbocycles. The Labute approximate surface area is 174 Å². The summed E-state index contributed by atoms with van der Waals surface area (Å²) in [7, 11) is 1.57. The molecular weight excluding hydrogens is 413 g/mol. The number of alkyl halides is 3. The lowest BCUT2D eigenvalue weighted by molar-refractivity contribution is -0.137. The van der Waals surface area contributed by atoms with Crippen LogP contribution in [0.5, 0.6) is 5.75 Å². The van der Waals surface area contributed by atoms with Gasteiger partial charge < -0.3 is 20.1 Å². The predicted molar refractivity (Wildman–Crippen MR) is 104 cm³/mol. The second kappa shape index (κ2) is 6.81. The first-order valence-electron chi connectivity index (χ1n) is 9.50. The van der Waals surface area contributed by atoms with E-state index in [1.165, 1.54) is 17.2 Å². The molecule has 3 aromatic rings. The summed E-state index contributed by atoms with van der Waals surface area (Å²) in [6.45, 7) is 0.803. The normalized spacial score (nSPS) is 17.4. The number of nitrogens with zero attached hydrogens (tertiary/aromatic N) is 3. The summed E-state index contributed by atoms with van der Waals surface area (Å²) < 4.78 is 49.8. The zero-order valence-corrected chi connectivity index (χ0v) is 16.4. The van der Waals surface area contributed by atoms with Crippen LogP contribution in [0.4, 0.5) is 19.0 Å². The fourth-order valence-electron chi connectivity index (χ4n) is 4.00. The van der Waals surface area contributed by atoms with Crippen molar-refractivity contribution in [1.29, 1.82) is 0 Å². The lowest BCUT2D eigenvalue weighted by Crippen LogP contribution is -2.32. The highest BCUT2D eigenvalue weighted by Crippen LogP contribution is 2.40. The monoisotopic (exact) mass is 430 g/mol. The minimum Gasteiger partial charge on any atom is -0.491 e. The molecule has 2 aromatic heterocycles. The second-order valence-electron chi connectivity index (χ2n) is 7.53. The third kappa shape index (κ3) is 3.14. The van der Waals surface area contributed by atoms with Crippen molar-refractivity contribution in [3.05, 3.63) is 58.4 Å². The van der Waals surface area contributed by atoms with Crippen LogP contribution in [0.2, 0.25) is 0 Å². The van der Waals surface area contributed by atoms with Gasteiger partial charge in [0.05, 0.1) is 36.5 Å². The van der Waals surface area contributed by atoms with Gasteiger partial charge in [0.25, 0.3) is 5.91 Å². The number of fused-ring (bicyclic) bond motifs is 4. The molecule has 31 heavy (non-hydrogen) atoms. The van der Waals surface area contributed by atoms with E-state index in [0.29, 0.717) is 30.1 Å². The summed E-state index contributed by atoms with van der Waals surface area (Å²) in [6.07, 6.45) is -2.98. The van der Waals surface area contributed by atoms with Gasteiger partial charge in [-0.3, -0.25) is 4.79 Å². The molecule has 2 aliphatic rings. The summed E-state index contributed by atoms with van der Waals surface area (Å²) in [4.78, 5) is 23.1. The van der Waals surface area contributed by atoms with Crippen molar-refractivity contribution < 1.29 is 27.4 Å². The number of hydrogen-bond donors (Lipinski definition) is 1. The topological polar surface area (TPSA) is 90.6 Å². The smallest absolute Gasteiger partial charge is 0.416 e. The lowest BCUT2D eigenvalue weighted by atomic mass is 10.0. The molecule has 160 valence electrons. The molecule has 4 heterocycles. The molecule has 1 atom stereocenters. The van der Waals surface area contributed by atoms with E-state index >= 15 is 0 Å². The number of carbonyl (C=O) groups is 1. The van der Waals surface area contributed by atoms with Crippen molar-refractivity contribution in [2.75, 3.05) is 19.4 Å². The van der Waals surface area contributed by atoms with E-state index in [1.54, 1.807) is 13.1 Å². The van der Waals surface area contributed by atoms with Crippen LogP contribution in [0.15, 0.2) is 30.5 Å². The summed E-state index contributed by atoms with van der Waals surface area (Å²) >= 11 is 0. The van der Waals surface area contributed by atoms with Crippen molar-refractivity contribution in [3.63, 3.8) is 0 Å². The van der Waals surface area contributed by atoms with E-state index in [2.05, 4.69) is 9.97 Å². The largest absolute Gasteiger partial charge is 0.491 e. The van der Waals surface area contributed by atoms with Gasteiger partial charge in [-0.1, -0.05) is 6.07 Å². The number of likely N-dealkylation sites (N-methyl/N-ethyl adjacent to an activating group) is 1. The first-order chi connectivity index (χ1) is 14.7. The minimum atomic E-state index is -4.46. The third-order valence-electron chi connectivity index (χ3n) is 5.72. The Bertz CT molecular complexity index is 1230. The number of carbonyl (C=O) groups excluding carboxylic acids is 1. The molecule has 10 heteroatoms. The molecule has 1 amide bonds. The average Bonchev–Trinajstić information content (AvgIpc) is 3.39. The van der Waals surface area contributed by atoms with Gasteiger partial charge in [-0.15, -0.1) is 0 Å². The zero-order valence-electron chi connectivity index (χ0n) is 16.4. The Morgan fingerprint density at radius 2 is 2.00 bits per heavy atom. The van der Waals surface area contributed by atoms with Crippen LogP contribution < -0.4 is 10.5 Å². The average molecular weight is 430 g/mol. The van der Waals surface area contributed by atoms with Gasteiger partial charge in [-0.2, -0.15) is 13.2 Å². The van der Waals surface area contributed by atoms with Crippen LogP contribution in [-0.4, -0.2) is 34.4 Å². The number of anilines is 1. The maximum absolute atomic E-state index is 13.1. The van der Waals surface area contributed by atoms with Crippen molar-refractivity contribution in [3.8, 4) is 5.75 Å². The van der Waals surface area contributed by atoms with Crippen LogP contribution in [0, 0.1) is 0 Å². The number of rotatable bonds is 2. The van der Waals surface area contributed by atoms with E-state index in [4.69, 9.17) is 15.2 Å². The van der Waals surface area contributed by atoms with Crippen LogP contribution in [0.1, 0.15) is 38.8 Å². The van der Waals surface area contributed by atoms with Crippen LogP contribution in [-0.2, 0) is 24.1 Å². The molecule has 0 fully saturated rings. The Morgan fingerprint density at radius 1 is 1.23 bits per heavy atom. The van der Waals surface area contributed by atoms with Gasteiger partial charge in [0, 0.05) is 23.6 Å². The molecule has 0 radical (unpaired) electrons. The maximum Gasteiger partial charge on any atom is 0.416 e. The fourth-order valence-corrected chi connectivity index (χ4v) is 4.00. The standard InChI is InChI=1S/C21H17F3N4O3/c1-28(17-9-31-18-4-10(21(22,23)24)2-3-11(17)18)20(29)15-5-12-13-7-30-8-14(13)19(25)27-16(12)6-26-15/h2-6,17H,7-9H2,1H3,(H2,25,27). The number of nitrogen functional groups attached to an aromatic ring is 1. The first-order valence-corrected chi connectivity index (χ1v) is 9.50. The molecule has 7 nitrogen and oxygen atoms in total. The number of nitrogens with two attached hydrogens (primary N) is 1. The van der Waals surface area contributed by atoms with Gasteiger partial charge in [-0.25, -0.2) is 9.97 Å². The number of halogens is 3. The van der Waals surface area contributed by atoms with Crippen LogP contribution >= 0.6 is 0 Å². The van der Waals surface area contributed by atoms with Gasteiger partial charge in [-0.05, 0) is 23.8 Å². The number of amides is 1. The number of aromatic nitrogens is 2. The van der Waals surface area contributed by atoms with Crippen molar-refractivity contribution in [1.82, 2.24) is 14.9 Å². The number of ether oxygens (including phenoxy) is 2. The van der Waals surface area contributed by atoms with Gasteiger partial charge in [0.1, 0.15) is 23.9 Å². The van der Waals surface area contributed by atoms with E-state index in [-0.39, 0.29) is 24.0 Å². The molecule has 2 N–H and O–H groups in total. The third-order valence-corrected chi connectivity index (χ3v) is 5.72. The molecule has 0 saturated carbocycles. The van der Waals surface area contributed by atoms with Crippen LogP contribution in [0.25, 0.3) is 10.9 Å². The molecular formula is C21H17F3N4O3. The minimum absolute atomic E-state index is 0.0633. The second-order valence-corrected chi connectivity index (χ2v) is 7.53. The molecule has 0 saturated heterocycles. The lowest BCUT2D eigenvalue weighted by Gasteiger charge is -2.23. The highest BCUT2D eigenvalue weighted by molar-refractivity contribution is 5.97. The van der Waals surface area contributed by atoms with Gasteiger partial charge >= 0.3 is 6.18 Å². The number of pyridine rings is 2. The molecule has 0 spiro atoms. The van der Waals surface area contributed by atoms with Gasteiger partial charge in [0.2, 0.25) is 0 Å². The fraction of sp³-hybridized carbons (Fsp3) is 0.286. The quantitative estimate of drug-likeness (QED) is 0.670. The van der Waals surface area contributed by atoms with E-state index in [0.717, 1.165) is 28.6 Å². The summed E-state index contributed by atoms with van der Waals surface area (Å²) in [6, 6.07) is 4.43. The zero-order chi connectivity index (χ0) is 21.9. The maximum atomic E-state index is 13.1. The highest BCUT2D eigenvalue weighted by atomic mass is 19.4. The van der Waals surface area contributed by atoms with Crippen LogP contribution in [0.3, 0.4) is 0 Å². The Hall–Kier alpha value is -3.40. The molecule has 1 aromatic carbocycles. The molecule has 5 rings (SSSR count). The predicted octanol–water partition coefficient (Wildman–Crippen LogP) is 3.47. The van der Waals surface area contributed by atoms with Crippen molar-refractivity contribution in [2.45, 2.75) is 25.4 Å². The summed E-state index contributed by atoms with van der Waals surface area (Å²) in [5.74, 6) is 0.129. The molecule has 2 aliphatic heterocycles. The number of benzene rings is 1. The Morgan fingerprint density at radius 3 is 2.77 bits per heavy atom. The first kappa shape index (κ1) is 19.6. The Kier molecular flexibility index (Phi) is 4.30. The summed E-state index contributed by atoms with van der Waals surface area (Å²) in [5, 5.41) is 0.742. The highest BCUT2D eigenvalue weighted by Gasteiger charge is 2.36. The Balaban J connectivity index is 1.47. The van der Waals surface area contributed by atoms with E-state index < -0.39 is 17.8 Å².